The van der Waals surface area contributed by atoms with Crippen LogP contribution in [-0.2, 0) is 17.9 Å². The fourth-order valence-corrected chi connectivity index (χ4v) is 1.28. The molecule has 18 heavy (non-hydrogen) atoms. The van der Waals surface area contributed by atoms with E-state index < -0.39 is 11.9 Å². The van der Waals surface area contributed by atoms with E-state index in [2.05, 4.69) is 15.6 Å². The molecular weight excluding hydrogens is 240 g/mol. The molecular formula is C10H10N4O4. The van der Waals surface area contributed by atoms with Gasteiger partial charge in [0, 0.05) is 12.1 Å². The van der Waals surface area contributed by atoms with Crippen LogP contribution >= 0.6 is 0 Å². The normalized spacial score (nSPS) is 10.2. The van der Waals surface area contributed by atoms with E-state index >= 15 is 0 Å². The largest absolute Gasteiger partial charge is 0.480 e. The maximum atomic E-state index is 11.6. The lowest BCUT2D eigenvalue weighted by atomic mass is 10.3. The Kier molecular flexibility index (Phi) is 3.37. The number of nitrogens with one attached hydrogen (secondary N) is 1. The van der Waals surface area contributed by atoms with Crippen molar-refractivity contribution in [3.8, 4) is 0 Å². The zero-order chi connectivity index (χ0) is 13.0. The first-order valence-corrected chi connectivity index (χ1v) is 5.06. The second-order valence-electron chi connectivity index (χ2n) is 3.51. The third-order valence-corrected chi connectivity index (χ3v) is 2.10. The Morgan fingerprint density at radius 1 is 1.50 bits per heavy atom. The van der Waals surface area contributed by atoms with Crippen LogP contribution in [0.1, 0.15) is 16.1 Å². The van der Waals surface area contributed by atoms with E-state index in [0.717, 1.165) is 10.2 Å². The van der Waals surface area contributed by atoms with Gasteiger partial charge in [-0.25, -0.2) is 4.68 Å². The summed E-state index contributed by atoms with van der Waals surface area (Å²) in [7, 11) is 0. The molecule has 1 amide bonds. The molecule has 2 rings (SSSR count). The van der Waals surface area contributed by atoms with Crippen molar-refractivity contribution >= 4 is 11.9 Å². The molecule has 2 heterocycles. The molecule has 8 nitrogen and oxygen atoms in total. The van der Waals surface area contributed by atoms with Crippen molar-refractivity contribution in [3.05, 3.63) is 36.0 Å². The third-order valence-electron chi connectivity index (χ3n) is 2.10. The number of carboxylic acid groups (broad SMARTS) is 1. The second-order valence-corrected chi connectivity index (χ2v) is 3.51. The van der Waals surface area contributed by atoms with E-state index in [-0.39, 0.29) is 12.2 Å². The number of nitrogens with zero attached hydrogens (tertiary/aromatic N) is 3. The minimum absolute atomic E-state index is 0.0692. The van der Waals surface area contributed by atoms with E-state index in [1.54, 1.807) is 6.07 Å². The number of carboxylic acids is 1. The highest BCUT2D eigenvalue weighted by Gasteiger charge is 2.11. The number of hydrogen-bond donors (Lipinski definition) is 2. The number of aromatic nitrogens is 3. The van der Waals surface area contributed by atoms with Gasteiger partial charge in [-0.2, -0.15) is 0 Å². The third kappa shape index (κ3) is 2.94. The molecule has 0 saturated heterocycles. The second kappa shape index (κ2) is 5.13. The van der Waals surface area contributed by atoms with Crippen LogP contribution in [-0.4, -0.2) is 32.0 Å². The van der Waals surface area contributed by atoms with Gasteiger partial charge >= 0.3 is 5.97 Å². The van der Waals surface area contributed by atoms with Gasteiger partial charge < -0.3 is 14.8 Å². The van der Waals surface area contributed by atoms with Crippen LogP contribution in [0.5, 0.6) is 0 Å². The zero-order valence-electron chi connectivity index (χ0n) is 9.24. The molecule has 0 aliphatic carbocycles. The lowest BCUT2D eigenvalue weighted by Crippen LogP contribution is -2.22. The molecule has 0 saturated carbocycles. The van der Waals surface area contributed by atoms with Gasteiger partial charge in [0.1, 0.15) is 6.54 Å². The lowest BCUT2D eigenvalue weighted by Gasteiger charge is -1.99. The molecule has 2 aromatic rings. The highest BCUT2D eigenvalue weighted by molar-refractivity contribution is 5.91. The van der Waals surface area contributed by atoms with Gasteiger partial charge in [-0.1, -0.05) is 5.21 Å². The van der Waals surface area contributed by atoms with E-state index in [0.29, 0.717) is 6.54 Å². The monoisotopic (exact) mass is 250 g/mol. The number of amides is 1. The highest BCUT2D eigenvalue weighted by atomic mass is 16.4. The van der Waals surface area contributed by atoms with E-state index in [9.17, 15) is 9.59 Å². The minimum Gasteiger partial charge on any atom is -0.480 e. The smallest absolute Gasteiger partial charge is 0.325 e. The van der Waals surface area contributed by atoms with E-state index in [1.165, 1.54) is 18.7 Å². The van der Waals surface area contributed by atoms with Crippen LogP contribution in [0, 0.1) is 0 Å². The first-order chi connectivity index (χ1) is 8.65. The fraction of sp³-hybridized carbons (Fsp3) is 0.200. The molecule has 0 fully saturated rings. The average Bonchev–Trinajstić information content (AvgIpc) is 2.95. The van der Waals surface area contributed by atoms with Crippen molar-refractivity contribution in [2.45, 2.75) is 13.1 Å². The maximum Gasteiger partial charge on any atom is 0.325 e. The van der Waals surface area contributed by atoms with Crippen molar-refractivity contribution in [1.82, 2.24) is 20.3 Å². The van der Waals surface area contributed by atoms with Crippen molar-refractivity contribution in [1.29, 1.82) is 0 Å². The molecule has 2 N–H and O–H groups in total. The number of carbonyl (C=O) groups is 2. The topological polar surface area (TPSA) is 110 Å². The van der Waals surface area contributed by atoms with Crippen LogP contribution in [0.3, 0.4) is 0 Å². The summed E-state index contributed by atoms with van der Waals surface area (Å²) in [6.07, 6.45) is 4.30. The summed E-state index contributed by atoms with van der Waals surface area (Å²) >= 11 is 0. The molecule has 2 aromatic heterocycles. The quantitative estimate of drug-likeness (QED) is 0.765. The summed E-state index contributed by atoms with van der Waals surface area (Å²) in [5, 5.41) is 18.3. The Hall–Kier alpha value is -2.64. The summed E-state index contributed by atoms with van der Waals surface area (Å²) in [5.41, 5.74) is 0.890. The van der Waals surface area contributed by atoms with Gasteiger partial charge in [0.05, 0.1) is 18.7 Å². The van der Waals surface area contributed by atoms with Gasteiger partial charge in [0.15, 0.2) is 5.69 Å². The van der Waals surface area contributed by atoms with E-state index in [1.807, 2.05) is 0 Å². The molecule has 0 radical (unpaired) electrons. The maximum absolute atomic E-state index is 11.6. The average molecular weight is 250 g/mol. The first kappa shape index (κ1) is 11.8. The summed E-state index contributed by atoms with van der Waals surface area (Å²) < 4.78 is 5.93. The Bertz CT molecular complexity index is 546. The van der Waals surface area contributed by atoms with Crippen LogP contribution in [0.25, 0.3) is 0 Å². The first-order valence-electron chi connectivity index (χ1n) is 5.06. The Morgan fingerprint density at radius 2 is 2.33 bits per heavy atom. The lowest BCUT2D eigenvalue weighted by molar-refractivity contribution is -0.137. The Morgan fingerprint density at radius 3 is 3.00 bits per heavy atom. The highest BCUT2D eigenvalue weighted by Crippen LogP contribution is 2.00. The fourth-order valence-electron chi connectivity index (χ4n) is 1.28. The number of aliphatic carboxylic acids is 1. The Labute approximate surface area is 101 Å². The Balaban J connectivity index is 1.92. The SMILES string of the molecule is O=C(O)Cn1cc(C(=O)NCc2ccoc2)nn1. The molecule has 0 aliphatic rings. The van der Waals surface area contributed by atoms with E-state index in [4.69, 9.17) is 9.52 Å². The van der Waals surface area contributed by atoms with Crippen molar-refractivity contribution in [3.63, 3.8) is 0 Å². The number of carbonyl (C=O) groups excluding carboxylic acids is 1. The predicted octanol–water partition coefficient (Wildman–Crippen LogP) is -0.114. The summed E-state index contributed by atoms with van der Waals surface area (Å²) in [4.78, 5) is 22.1. The molecule has 0 aromatic carbocycles. The van der Waals surface area contributed by atoms with Gasteiger partial charge in [-0.15, -0.1) is 5.10 Å². The van der Waals surface area contributed by atoms with Crippen LogP contribution in [0.15, 0.2) is 29.2 Å². The van der Waals surface area contributed by atoms with Gasteiger partial charge in [-0.3, -0.25) is 9.59 Å². The predicted molar refractivity (Wildman–Crippen MR) is 57.5 cm³/mol. The molecule has 0 spiro atoms. The standard InChI is InChI=1S/C10H10N4O4/c15-9(16)5-14-4-8(12-13-14)10(17)11-3-7-1-2-18-6-7/h1-2,4,6H,3,5H2,(H,11,17)(H,15,16). The van der Waals surface area contributed by atoms with Crippen LogP contribution in [0.4, 0.5) is 0 Å². The van der Waals surface area contributed by atoms with Crippen LogP contribution in [0.2, 0.25) is 0 Å². The molecule has 8 heteroatoms. The molecule has 0 atom stereocenters. The zero-order valence-corrected chi connectivity index (χ0v) is 9.24. The molecule has 0 unspecified atom stereocenters. The summed E-state index contributed by atoms with van der Waals surface area (Å²) in [6, 6.07) is 1.72. The number of hydrogen-bond acceptors (Lipinski definition) is 5. The minimum atomic E-state index is -1.05. The summed E-state index contributed by atoms with van der Waals surface area (Å²) in [6.45, 7) is -0.0247. The van der Waals surface area contributed by atoms with Crippen molar-refractivity contribution in [2.24, 2.45) is 0 Å². The van der Waals surface area contributed by atoms with Crippen molar-refractivity contribution < 1.29 is 19.1 Å². The van der Waals surface area contributed by atoms with Gasteiger partial charge in [0.25, 0.3) is 5.91 Å². The van der Waals surface area contributed by atoms with Gasteiger partial charge in [0.2, 0.25) is 0 Å². The number of rotatable bonds is 5. The molecule has 94 valence electrons. The van der Waals surface area contributed by atoms with Crippen molar-refractivity contribution in [2.75, 3.05) is 0 Å². The van der Waals surface area contributed by atoms with Crippen LogP contribution < -0.4 is 5.32 Å². The number of furan rings is 1. The molecule has 0 bridgehead atoms. The van der Waals surface area contributed by atoms with Gasteiger partial charge in [-0.05, 0) is 6.07 Å². The summed E-state index contributed by atoms with van der Waals surface area (Å²) in [5.74, 6) is -1.47. The molecule has 0 aliphatic heterocycles.